The van der Waals surface area contributed by atoms with Crippen LogP contribution < -0.4 is 20.3 Å². The van der Waals surface area contributed by atoms with Gasteiger partial charge < -0.3 is 19.8 Å². The van der Waals surface area contributed by atoms with Gasteiger partial charge >= 0.3 is 0 Å². The summed E-state index contributed by atoms with van der Waals surface area (Å²) in [5, 5.41) is 3.16. The fraction of sp³-hybridized carbons (Fsp3) is 0.130. The van der Waals surface area contributed by atoms with E-state index in [1.54, 1.807) is 30.3 Å². The second kappa shape index (κ2) is 9.62. The van der Waals surface area contributed by atoms with Crippen LogP contribution in [-0.2, 0) is 6.54 Å². The Morgan fingerprint density at radius 3 is 2.71 bits per heavy atom. The molecule has 11 heteroatoms. The van der Waals surface area contributed by atoms with E-state index in [4.69, 9.17) is 33.3 Å². The molecule has 2 N–H and O–H groups in total. The van der Waals surface area contributed by atoms with Gasteiger partial charge in [0.1, 0.15) is 11.6 Å². The highest BCUT2D eigenvalue weighted by atomic mass is 35.5. The molecular formula is C23H18ClFN4O4S. The van der Waals surface area contributed by atoms with E-state index in [0.717, 1.165) is 16.2 Å². The SMILES string of the molecule is COc1ccc(-n2c(=S)[nH]c3cc(C(=O)NCc4cccc(Cl)c4)c(F)cc3c2=O)nc1OC. The summed E-state index contributed by atoms with van der Waals surface area (Å²) in [6, 6.07) is 12.3. The predicted molar refractivity (Wildman–Crippen MR) is 128 cm³/mol. The fourth-order valence-electron chi connectivity index (χ4n) is 3.39. The summed E-state index contributed by atoms with van der Waals surface area (Å²) in [7, 11) is 2.87. The third-order valence-electron chi connectivity index (χ3n) is 5.03. The number of carbonyl (C=O) groups excluding carboxylic acids is 1. The van der Waals surface area contributed by atoms with Crippen LogP contribution in [0.5, 0.6) is 11.6 Å². The van der Waals surface area contributed by atoms with E-state index >= 15 is 0 Å². The average Bonchev–Trinajstić information content (AvgIpc) is 2.82. The highest BCUT2D eigenvalue weighted by molar-refractivity contribution is 7.71. The van der Waals surface area contributed by atoms with E-state index in [9.17, 15) is 14.0 Å². The summed E-state index contributed by atoms with van der Waals surface area (Å²) < 4.78 is 26.3. The van der Waals surface area contributed by atoms with Gasteiger partial charge in [-0.3, -0.25) is 9.59 Å². The number of nitrogens with zero attached hydrogens (tertiary/aromatic N) is 2. The number of carbonyl (C=O) groups is 1. The summed E-state index contributed by atoms with van der Waals surface area (Å²) in [6.45, 7) is 0.152. The normalized spacial score (nSPS) is 10.8. The number of aromatic amines is 1. The van der Waals surface area contributed by atoms with Gasteiger partial charge in [-0.1, -0.05) is 23.7 Å². The fourth-order valence-corrected chi connectivity index (χ4v) is 3.89. The van der Waals surface area contributed by atoms with Crippen molar-refractivity contribution >= 4 is 40.6 Å². The molecule has 0 aliphatic heterocycles. The molecule has 0 atom stereocenters. The number of hydrogen-bond acceptors (Lipinski definition) is 6. The first-order valence-corrected chi connectivity index (χ1v) is 10.7. The third-order valence-corrected chi connectivity index (χ3v) is 5.54. The van der Waals surface area contributed by atoms with Crippen LogP contribution in [0.2, 0.25) is 5.02 Å². The second-order valence-electron chi connectivity index (χ2n) is 7.14. The quantitative estimate of drug-likeness (QED) is 0.385. The van der Waals surface area contributed by atoms with Crippen LogP contribution in [0.25, 0.3) is 16.7 Å². The largest absolute Gasteiger partial charge is 0.491 e. The number of ether oxygens (including phenoxy) is 2. The van der Waals surface area contributed by atoms with E-state index < -0.39 is 17.3 Å². The van der Waals surface area contributed by atoms with Gasteiger partial charge in [0.2, 0.25) is 0 Å². The maximum Gasteiger partial charge on any atom is 0.268 e. The number of amides is 1. The average molecular weight is 501 g/mol. The summed E-state index contributed by atoms with van der Waals surface area (Å²) in [5.41, 5.74) is 0.123. The van der Waals surface area contributed by atoms with Crippen molar-refractivity contribution in [1.82, 2.24) is 19.9 Å². The predicted octanol–water partition coefficient (Wildman–Crippen LogP) is 4.18. The summed E-state index contributed by atoms with van der Waals surface area (Å²) in [4.78, 5) is 32.9. The van der Waals surface area contributed by atoms with E-state index in [1.165, 1.54) is 26.4 Å². The van der Waals surface area contributed by atoms with Crippen molar-refractivity contribution in [2.75, 3.05) is 14.2 Å². The Morgan fingerprint density at radius 2 is 2.00 bits per heavy atom. The Balaban J connectivity index is 1.72. The Labute approximate surface area is 202 Å². The van der Waals surface area contributed by atoms with Gasteiger partial charge in [-0.15, -0.1) is 0 Å². The molecule has 0 fully saturated rings. The summed E-state index contributed by atoms with van der Waals surface area (Å²) in [5.74, 6) is -0.821. The molecule has 0 saturated carbocycles. The molecule has 174 valence electrons. The topological polar surface area (TPSA) is 98.2 Å². The van der Waals surface area contributed by atoms with E-state index in [2.05, 4.69) is 15.3 Å². The van der Waals surface area contributed by atoms with Crippen molar-refractivity contribution in [3.8, 4) is 17.4 Å². The van der Waals surface area contributed by atoms with Gasteiger partial charge in [-0.05, 0) is 54.2 Å². The molecule has 34 heavy (non-hydrogen) atoms. The van der Waals surface area contributed by atoms with Gasteiger partial charge in [0.05, 0.1) is 30.7 Å². The number of halogens is 2. The molecular weight excluding hydrogens is 483 g/mol. The number of pyridine rings is 1. The molecule has 4 aromatic rings. The van der Waals surface area contributed by atoms with Crippen molar-refractivity contribution in [3.63, 3.8) is 0 Å². The van der Waals surface area contributed by atoms with Crippen LogP contribution in [0, 0.1) is 10.6 Å². The van der Waals surface area contributed by atoms with Gasteiger partial charge in [-0.2, -0.15) is 4.98 Å². The zero-order valence-corrected chi connectivity index (χ0v) is 19.6. The Hall–Kier alpha value is -3.76. The lowest BCUT2D eigenvalue weighted by Crippen LogP contribution is -2.25. The lowest BCUT2D eigenvalue weighted by molar-refractivity contribution is 0.0947. The van der Waals surface area contributed by atoms with Crippen molar-refractivity contribution in [1.29, 1.82) is 0 Å². The van der Waals surface area contributed by atoms with E-state index in [1.807, 2.05) is 0 Å². The van der Waals surface area contributed by atoms with Gasteiger partial charge in [0, 0.05) is 11.6 Å². The molecule has 0 saturated heterocycles. The number of nitrogens with one attached hydrogen (secondary N) is 2. The first-order valence-electron chi connectivity index (χ1n) is 9.93. The highest BCUT2D eigenvalue weighted by Crippen LogP contribution is 2.25. The molecule has 0 spiro atoms. The molecule has 4 rings (SSSR count). The molecule has 0 aliphatic carbocycles. The molecule has 2 aromatic carbocycles. The standard InChI is InChI=1S/C23H18ClFN4O4S/c1-32-18-6-7-19(28-21(18)33-2)29-22(31)15-9-16(25)14(10-17(15)27-23(29)34)20(30)26-11-12-4-3-5-13(24)8-12/h3-10H,11H2,1-2H3,(H,26,30)(H,27,34). The minimum absolute atomic E-state index is 0.00549. The Kier molecular flexibility index (Phi) is 6.62. The van der Waals surface area contributed by atoms with Crippen LogP contribution in [0.3, 0.4) is 0 Å². The molecule has 0 aliphatic rings. The van der Waals surface area contributed by atoms with Crippen molar-refractivity contribution in [3.05, 3.63) is 85.6 Å². The number of aromatic nitrogens is 3. The number of methoxy groups -OCH3 is 2. The van der Waals surface area contributed by atoms with Gasteiger partial charge in [0.25, 0.3) is 17.3 Å². The molecule has 0 bridgehead atoms. The molecule has 8 nitrogen and oxygen atoms in total. The zero-order chi connectivity index (χ0) is 24.4. The first kappa shape index (κ1) is 23.4. The lowest BCUT2D eigenvalue weighted by atomic mass is 10.1. The lowest BCUT2D eigenvalue weighted by Gasteiger charge is -2.12. The summed E-state index contributed by atoms with van der Waals surface area (Å²) in [6.07, 6.45) is 0. The van der Waals surface area contributed by atoms with Crippen LogP contribution >= 0.6 is 23.8 Å². The van der Waals surface area contributed by atoms with Gasteiger partial charge in [0.15, 0.2) is 10.5 Å². The Morgan fingerprint density at radius 1 is 1.21 bits per heavy atom. The number of fused-ring (bicyclic) bond motifs is 1. The van der Waals surface area contributed by atoms with E-state index in [0.29, 0.717) is 10.8 Å². The molecule has 2 heterocycles. The minimum Gasteiger partial charge on any atom is -0.491 e. The molecule has 1 amide bonds. The number of rotatable bonds is 6. The molecule has 0 unspecified atom stereocenters. The zero-order valence-electron chi connectivity index (χ0n) is 18.0. The highest BCUT2D eigenvalue weighted by Gasteiger charge is 2.18. The van der Waals surface area contributed by atoms with Crippen LogP contribution in [-0.4, -0.2) is 34.7 Å². The minimum atomic E-state index is -0.856. The van der Waals surface area contributed by atoms with Crippen molar-refractivity contribution < 1.29 is 18.7 Å². The molecule has 2 aromatic heterocycles. The first-order chi connectivity index (χ1) is 16.3. The summed E-state index contributed by atoms with van der Waals surface area (Å²) >= 11 is 11.3. The van der Waals surface area contributed by atoms with Crippen LogP contribution in [0.4, 0.5) is 4.39 Å². The van der Waals surface area contributed by atoms with E-state index in [-0.39, 0.29) is 39.5 Å². The Bertz CT molecular complexity index is 1540. The number of H-pyrrole nitrogens is 1. The smallest absolute Gasteiger partial charge is 0.268 e. The van der Waals surface area contributed by atoms with Gasteiger partial charge in [-0.25, -0.2) is 8.96 Å². The molecule has 0 radical (unpaired) electrons. The number of benzene rings is 2. The van der Waals surface area contributed by atoms with Crippen LogP contribution in [0.15, 0.2) is 53.3 Å². The maximum atomic E-state index is 14.9. The van der Waals surface area contributed by atoms with Crippen molar-refractivity contribution in [2.45, 2.75) is 6.54 Å². The second-order valence-corrected chi connectivity index (χ2v) is 7.97. The maximum absolute atomic E-state index is 14.9. The van der Waals surface area contributed by atoms with Crippen LogP contribution in [0.1, 0.15) is 15.9 Å². The third kappa shape index (κ3) is 4.50. The van der Waals surface area contributed by atoms with Crippen molar-refractivity contribution in [2.24, 2.45) is 0 Å². The monoisotopic (exact) mass is 500 g/mol. The number of hydrogen-bond donors (Lipinski definition) is 2.